The van der Waals surface area contributed by atoms with Gasteiger partial charge in [-0.1, -0.05) is 12.8 Å². The van der Waals surface area contributed by atoms with Crippen LogP contribution < -0.4 is 15.5 Å². The van der Waals surface area contributed by atoms with E-state index in [-0.39, 0.29) is 0 Å². The molecule has 0 amide bonds. The summed E-state index contributed by atoms with van der Waals surface area (Å²) in [6.45, 7) is 3.80. The van der Waals surface area contributed by atoms with Gasteiger partial charge in [0.2, 0.25) is 17.8 Å². The van der Waals surface area contributed by atoms with Gasteiger partial charge in [-0.05, 0) is 25.7 Å². The quantitative estimate of drug-likeness (QED) is 0.819. The monoisotopic (exact) mass is 264 g/mol. The van der Waals surface area contributed by atoms with E-state index in [4.69, 9.17) is 0 Å². The molecule has 0 saturated heterocycles. The Kier molecular flexibility index (Phi) is 4.76. The van der Waals surface area contributed by atoms with Crippen LogP contribution in [0.4, 0.5) is 17.8 Å². The molecule has 1 aromatic rings. The smallest absolute Gasteiger partial charge is 0.231 e. The molecule has 0 aliphatic heterocycles. The summed E-state index contributed by atoms with van der Waals surface area (Å²) in [5.74, 6) is 2.75. The van der Waals surface area contributed by atoms with Crippen molar-refractivity contribution in [3.63, 3.8) is 0 Å². The Bertz CT molecular complexity index is 400. The van der Waals surface area contributed by atoms with Gasteiger partial charge in [-0.15, -0.1) is 0 Å². The van der Waals surface area contributed by atoms with Gasteiger partial charge in [0.25, 0.3) is 0 Å². The number of aromatic nitrogens is 3. The van der Waals surface area contributed by atoms with Gasteiger partial charge in [-0.2, -0.15) is 15.0 Å². The van der Waals surface area contributed by atoms with Crippen molar-refractivity contribution in [1.29, 1.82) is 0 Å². The van der Waals surface area contributed by atoms with Crippen LogP contribution in [0.5, 0.6) is 0 Å². The Morgan fingerprint density at radius 1 is 1.05 bits per heavy atom. The molecular formula is C13H24N6. The van der Waals surface area contributed by atoms with Crippen molar-refractivity contribution in [2.24, 2.45) is 5.92 Å². The van der Waals surface area contributed by atoms with Crippen molar-refractivity contribution < 1.29 is 0 Å². The first-order valence-electron chi connectivity index (χ1n) is 7.10. The minimum atomic E-state index is 0.634. The molecule has 1 fully saturated rings. The lowest BCUT2D eigenvalue weighted by atomic mass is 10.1. The second kappa shape index (κ2) is 6.54. The van der Waals surface area contributed by atoms with Crippen molar-refractivity contribution in [2.45, 2.75) is 32.6 Å². The normalized spacial score (nSPS) is 15.5. The fourth-order valence-corrected chi connectivity index (χ4v) is 2.33. The molecule has 0 radical (unpaired) electrons. The number of hydrogen-bond acceptors (Lipinski definition) is 6. The highest BCUT2D eigenvalue weighted by atomic mass is 15.3. The Morgan fingerprint density at radius 3 is 2.26 bits per heavy atom. The van der Waals surface area contributed by atoms with Crippen molar-refractivity contribution in [3.8, 4) is 0 Å². The highest BCUT2D eigenvalue weighted by molar-refractivity contribution is 5.42. The van der Waals surface area contributed by atoms with Gasteiger partial charge in [-0.3, -0.25) is 0 Å². The van der Waals surface area contributed by atoms with Gasteiger partial charge in [0, 0.05) is 27.2 Å². The number of hydrogen-bond donors (Lipinski definition) is 2. The van der Waals surface area contributed by atoms with E-state index in [2.05, 4.69) is 25.6 Å². The lowest BCUT2D eigenvalue weighted by Crippen LogP contribution is -2.19. The molecular weight excluding hydrogens is 240 g/mol. The highest BCUT2D eigenvalue weighted by Crippen LogP contribution is 2.24. The summed E-state index contributed by atoms with van der Waals surface area (Å²) in [6.07, 6.45) is 5.35. The van der Waals surface area contributed by atoms with Crippen molar-refractivity contribution in [2.75, 3.05) is 42.7 Å². The number of nitrogens with one attached hydrogen (secondary N) is 2. The molecule has 2 rings (SSSR count). The second-order valence-electron chi connectivity index (χ2n) is 5.24. The van der Waals surface area contributed by atoms with Crippen LogP contribution in [0.15, 0.2) is 0 Å². The van der Waals surface area contributed by atoms with E-state index < -0.39 is 0 Å². The van der Waals surface area contributed by atoms with Crippen molar-refractivity contribution >= 4 is 17.8 Å². The van der Waals surface area contributed by atoms with E-state index in [1.165, 1.54) is 25.7 Å². The molecule has 0 spiro atoms. The summed E-state index contributed by atoms with van der Waals surface area (Å²) in [4.78, 5) is 15.1. The first-order chi connectivity index (χ1) is 9.19. The van der Waals surface area contributed by atoms with Gasteiger partial charge in [0.05, 0.1) is 0 Å². The number of nitrogens with zero attached hydrogens (tertiary/aromatic N) is 4. The van der Waals surface area contributed by atoms with Crippen LogP contribution in [-0.2, 0) is 0 Å². The maximum Gasteiger partial charge on any atom is 0.231 e. The molecule has 6 heteroatoms. The van der Waals surface area contributed by atoms with Gasteiger partial charge in [-0.25, -0.2) is 0 Å². The van der Waals surface area contributed by atoms with Gasteiger partial charge >= 0.3 is 0 Å². The molecule has 19 heavy (non-hydrogen) atoms. The van der Waals surface area contributed by atoms with E-state index >= 15 is 0 Å². The lowest BCUT2D eigenvalue weighted by molar-refractivity contribution is 0.577. The van der Waals surface area contributed by atoms with Crippen LogP contribution in [0.25, 0.3) is 0 Å². The van der Waals surface area contributed by atoms with Crippen LogP contribution in [0.1, 0.15) is 32.6 Å². The molecule has 1 heterocycles. The average molecular weight is 264 g/mol. The molecule has 106 valence electrons. The topological polar surface area (TPSA) is 66.0 Å². The van der Waals surface area contributed by atoms with E-state index in [1.54, 1.807) is 0 Å². The van der Waals surface area contributed by atoms with Crippen LogP contribution in [0.2, 0.25) is 0 Å². The van der Waals surface area contributed by atoms with Crippen LogP contribution >= 0.6 is 0 Å². The fourth-order valence-electron chi connectivity index (χ4n) is 2.33. The molecule has 1 aliphatic carbocycles. The standard InChI is InChI=1S/C13H24N6/c1-4-14-11-16-12(18-13(17-11)19(2)3)15-9-10-7-5-6-8-10/h10H,4-9H2,1-3H3,(H2,14,15,16,17,18). The average Bonchev–Trinajstić information content (AvgIpc) is 2.89. The third kappa shape index (κ3) is 3.94. The van der Waals surface area contributed by atoms with Gasteiger partial charge in [0.1, 0.15) is 0 Å². The maximum atomic E-state index is 4.43. The van der Waals surface area contributed by atoms with E-state index in [0.717, 1.165) is 19.0 Å². The maximum absolute atomic E-state index is 4.43. The lowest BCUT2D eigenvalue weighted by Gasteiger charge is -2.15. The first-order valence-corrected chi connectivity index (χ1v) is 7.10. The van der Waals surface area contributed by atoms with Crippen LogP contribution in [0, 0.1) is 5.92 Å². The largest absolute Gasteiger partial charge is 0.354 e. The third-order valence-electron chi connectivity index (χ3n) is 3.38. The Balaban J connectivity index is 2.04. The first kappa shape index (κ1) is 13.8. The molecule has 1 saturated carbocycles. The highest BCUT2D eigenvalue weighted by Gasteiger charge is 2.15. The minimum Gasteiger partial charge on any atom is -0.354 e. The van der Waals surface area contributed by atoms with Crippen LogP contribution in [0.3, 0.4) is 0 Å². The Morgan fingerprint density at radius 2 is 1.68 bits per heavy atom. The Hall–Kier alpha value is -1.59. The molecule has 0 bridgehead atoms. The summed E-state index contributed by atoms with van der Waals surface area (Å²) in [5, 5.41) is 6.49. The van der Waals surface area contributed by atoms with E-state index in [0.29, 0.717) is 17.8 Å². The van der Waals surface area contributed by atoms with Crippen molar-refractivity contribution in [3.05, 3.63) is 0 Å². The number of rotatable bonds is 6. The third-order valence-corrected chi connectivity index (χ3v) is 3.38. The van der Waals surface area contributed by atoms with Crippen LogP contribution in [-0.4, -0.2) is 42.1 Å². The molecule has 1 aliphatic rings. The summed E-state index contributed by atoms with van der Waals surface area (Å²) < 4.78 is 0. The zero-order valence-electron chi connectivity index (χ0n) is 12.1. The van der Waals surface area contributed by atoms with E-state index in [9.17, 15) is 0 Å². The Labute approximate surface area is 115 Å². The molecule has 0 atom stereocenters. The zero-order chi connectivity index (χ0) is 13.7. The fraction of sp³-hybridized carbons (Fsp3) is 0.769. The van der Waals surface area contributed by atoms with Gasteiger partial charge in [0.15, 0.2) is 0 Å². The summed E-state index contributed by atoms with van der Waals surface area (Å²) >= 11 is 0. The van der Waals surface area contributed by atoms with E-state index in [1.807, 2.05) is 25.9 Å². The molecule has 0 unspecified atom stereocenters. The van der Waals surface area contributed by atoms with Gasteiger partial charge < -0.3 is 15.5 Å². The summed E-state index contributed by atoms with van der Waals surface area (Å²) in [7, 11) is 3.87. The van der Waals surface area contributed by atoms with Crippen molar-refractivity contribution in [1.82, 2.24) is 15.0 Å². The summed E-state index contributed by atoms with van der Waals surface area (Å²) in [6, 6.07) is 0. The predicted molar refractivity (Wildman–Crippen MR) is 78.8 cm³/mol. The molecule has 6 nitrogen and oxygen atoms in total. The molecule has 2 N–H and O–H groups in total. The minimum absolute atomic E-state index is 0.634. The molecule has 0 aromatic carbocycles. The molecule has 1 aromatic heterocycles. The second-order valence-corrected chi connectivity index (χ2v) is 5.24. The number of anilines is 3. The zero-order valence-corrected chi connectivity index (χ0v) is 12.1. The summed E-state index contributed by atoms with van der Waals surface area (Å²) in [5.41, 5.74) is 0. The SMILES string of the molecule is CCNc1nc(NCC2CCCC2)nc(N(C)C)n1. The predicted octanol–water partition coefficient (Wildman–Crippen LogP) is 1.97.